The third-order valence-corrected chi connectivity index (χ3v) is 7.53. The van der Waals surface area contributed by atoms with Gasteiger partial charge in [0.25, 0.3) is 0 Å². The van der Waals surface area contributed by atoms with Gasteiger partial charge in [0.05, 0.1) is 18.1 Å². The highest BCUT2D eigenvalue weighted by atomic mass is 32.2. The molecule has 35 heavy (non-hydrogen) atoms. The molecule has 3 aromatic rings. The van der Waals surface area contributed by atoms with Crippen LogP contribution < -0.4 is 14.8 Å². The second kappa shape index (κ2) is 10.8. The number of nitrogens with one attached hydrogen (secondary N) is 1. The summed E-state index contributed by atoms with van der Waals surface area (Å²) in [5.74, 6) is 3.35. The van der Waals surface area contributed by atoms with Gasteiger partial charge in [-0.1, -0.05) is 50.9 Å². The van der Waals surface area contributed by atoms with Crippen molar-refractivity contribution in [2.45, 2.75) is 63.2 Å². The van der Waals surface area contributed by atoms with Crippen LogP contribution in [0.4, 0.5) is 0 Å². The number of hydrogen-bond acceptors (Lipinski definition) is 7. The standard InChI is InChI=1S/C26H32N4O4S/c1-17(2)24(18-10-11-20-22(15-18)34-14-13-33-20)27-23(31)16-35-26-29-28-25(21-9-6-12-32-21)30(26)19-7-4-3-5-8-19/h6,9-12,15,17,19,24H,3-5,7-8,13-14,16H2,1-2H3,(H,27,31). The van der Waals surface area contributed by atoms with Gasteiger partial charge in [0.15, 0.2) is 22.4 Å². The summed E-state index contributed by atoms with van der Waals surface area (Å²) in [4.78, 5) is 13.1. The molecule has 1 N–H and O–H groups in total. The smallest absolute Gasteiger partial charge is 0.230 e. The number of ether oxygens (including phenoxy) is 2. The second-order valence-electron chi connectivity index (χ2n) is 9.43. The van der Waals surface area contributed by atoms with Crippen LogP contribution in [0.25, 0.3) is 11.6 Å². The van der Waals surface area contributed by atoms with Crippen LogP contribution >= 0.6 is 11.8 Å². The molecule has 186 valence electrons. The van der Waals surface area contributed by atoms with Crippen molar-refractivity contribution in [2.75, 3.05) is 19.0 Å². The Morgan fingerprint density at radius 2 is 1.91 bits per heavy atom. The third-order valence-electron chi connectivity index (χ3n) is 6.59. The second-order valence-corrected chi connectivity index (χ2v) is 10.4. The van der Waals surface area contributed by atoms with Gasteiger partial charge < -0.3 is 19.2 Å². The molecule has 0 bridgehead atoms. The Morgan fingerprint density at radius 3 is 2.66 bits per heavy atom. The van der Waals surface area contributed by atoms with Gasteiger partial charge >= 0.3 is 0 Å². The number of amides is 1. The monoisotopic (exact) mass is 496 g/mol. The van der Waals surface area contributed by atoms with Crippen LogP contribution in [-0.2, 0) is 4.79 Å². The number of hydrogen-bond donors (Lipinski definition) is 1. The summed E-state index contributed by atoms with van der Waals surface area (Å²) in [5.41, 5.74) is 1.01. The molecule has 0 spiro atoms. The predicted molar refractivity (Wildman–Crippen MR) is 134 cm³/mol. The Labute approximate surface area is 209 Å². The minimum absolute atomic E-state index is 0.0404. The fraction of sp³-hybridized carbons (Fsp3) is 0.500. The molecule has 0 radical (unpaired) electrons. The first kappa shape index (κ1) is 23.8. The van der Waals surface area contributed by atoms with Crippen LogP contribution in [0, 0.1) is 5.92 Å². The van der Waals surface area contributed by atoms with Gasteiger partial charge in [-0.05, 0) is 48.6 Å². The van der Waals surface area contributed by atoms with Gasteiger partial charge in [0, 0.05) is 6.04 Å². The quantitative estimate of drug-likeness (QED) is 0.416. The summed E-state index contributed by atoms with van der Waals surface area (Å²) in [6.45, 7) is 5.29. The minimum Gasteiger partial charge on any atom is -0.486 e. The topological polar surface area (TPSA) is 91.4 Å². The van der Waals surface area contributed by atoms with E-state index in [0.717, 1.165) is 40.9 Å². The van der Waals surface area contributed by atoms with Crippen LogP contribution in [0.2, 0.25) is 0 Å². The van der Waals surface area contributed by atoms with E-state index in [9.17, 15) is 4.79 Å². The van der Waals surface area contributed by atoms with Crippen molar-refractivity contribution in [3.05, 3.63) is 42.2 Å². The maximum absolute atomic E-state index is 13.1. The molecule has 1 aromatic carbocycles. The minimum atomic E-state index is -0.131. The highest BCUT2D eigenvalue weighted by molar-refractivity contribution is 7.99. The molecular weight excluding hydrogens is 464 g/mol. The molecule has 3 heterocycles. The number of fused-ring (bicyclic) bond motifs is 1. The first-order valence-electron chi connectivity index (χ1n) is 12.4. The Balaban J connectivity index is 1.29. The summed E-state index contributed by atoms with van der Waals surface area (Å²) < 4.78 is 19.2. The molecule has 1 unspecified atom stereocenters. The fourth-order valence-electron chi connectivity index (χ4n) is 4.85. The average molecular weight is 497 g/mol. The van der Waals surface area contributed by atoms with Crippen molar-refractivity contribution < 1.29 is 18.7 Å². The molecule has 5 rings (SSSR count). The Morgan fingerprint density at radius 1 is 1.11 bits per heavy atom. The molecule has 1 aliphatic heterocycles. The van der Waals surface area contributed by atoms with E-state index < -0.39 is 0 Å². The number of furan rings is 1. The summed E-state index contributed by atoms with van der Waals surface area (Å²) >= 11 is 1.43. The molecule has 1 aliphatic carbocycles. The Hall–Kier alpha value is -2.94. The van der Waals surface area contributed by atoms with E-state index >= 15 is 0 Å². The summed E-state index contributed by atoms with van der Waals surface area (Å²) in [6, 6.07) is 9.86. The number of benzene rings is 1. The van der Waals surface area contributed by atoms with E-state index in [2.05, 4.69) is 33.9 Å². The van der Waals surface area contributed by atoms with Crippen molar-refractivity contribution in [1.29, 1.82) is 0 Å². The first-order chi connectivity index (χ1) is 17.1. The lowest BCUT2D eigenvalue weighted by molar-refractivity contribution is -0.119. The zero-order valence-corrected chi connectivity index (χ0v) is 21.1. The number of thioether (sulfide) groups is 1. The highest BCUT2D eigenvalue weighted by Gasteiger charge is 2.26. The maximum atomic E-state index is 13.1. The lowest BCUT2D eigenvalue weighted by atomic mass is 9.95. The normalized spacial score (nSPS) is 16.9. The van der Waals surface area contributed by atoms with Crippen molar-refractivity contribution in [2.24, 2.45) is 5.92 Å². The average Bonchev–Trinajstić information content (AvgIpc) is 3.56. The van der Waals surface area contributed by atoms with Gasteiger partial charge in [0.1, 0.15) is 13.2 Å². The van der Waals surface area contributed by atoms with Crippen LogP contribution in [-0.4, -0.2) is 39.6 Å². The van der Waals surface area contributed by atoms with Crippen LogP contribution in [0.5, 0.6) is 11.5 Å². The summed E-state index contributed by atoms with van der Waals surface area (Å²) in [6.07, 6.45) is 7.47. The van der Waals surface area contributed by atoms with E-state index in [4.69, 9.17) is 13.9 Å². The van der Waals surface area contributed by atoms with Gasteiger partial charge in [0.2, 0.25) is 11.7 Å². The molecule has 9 heteroatoms. The third kappa shape index (κ3) is 5.34. The number of aromatic nitrogens is 3. The van der Waals surface area contributed by atoms with Crippen molar-refractivity contribution in [3.63, 3.8) is 0 Å². The highest BCUT2D eigenvalue weighted by Crippen LogP contribution is 2.36. The van der Waals surface area contributed by atoms with Crippen molar-refractivity contribution in [1.82, 2.24) is 20.1 Å². The lowest BCUT2D eigenvalue weighted by Gasteiger charge is -2.26. The van der Waals surface area contributed by atoms with E-state index in [1.165, 1.54) is 31.0 Å². The Kier molecular flexibility index (Phi) is 7.32. The molecule has 2 aliphatic rings. The zero-order chi connectivity index (χ0) is 24.2. The number of nitrogens with zero attached hydrogens (tertiary/aromatic N) is 3. The van der Waals surface area contributed by atoms with E-state index in [1.54, 1.807) is 6.26 Å². The van der Waals surface area contributed by atoms with Crippen molar-refractivity contribution in [3.8, 4) is 23.1 Å². The van der Waals surface area contributed by atoms with Crippen molar-refractivity contribution >= 4 is 17.7 Å². The molecule has 1 saturated carbocycles. The SMILES string of the molecule is CC(C)C(NC(=O)CSc1nnc(-c2ccco2)n1C1CCCCC1)c1ccc2c(c1)OCCO2. The molecule has 8 nitrogen and oxygen atoms in total. The van der Waals surface area contributed by atoms with Gasteiger partial charge in [-0.15, -0.1) is 10.2 Å². The zero-order valence-electron chi connectivity index (χ0n) is 20.2. The molecular formula is C26H32N4O4S. The largest absolute Gasteiger partial charge is 0.486 e. The molecule has 1 fully saturated rings. The van der Waals surface area contributed by atoms with Gasteiger partial charge in [-0.2, -0.15) is 0 Å². The molecule has 0 saturated heterocycles. The first-order valence-corrected chi connectivity index (χ1v) is 13.4. The van der Waals surface area contributed by atoms with Crippen LogP contribution in [0.15, 0.2) is 46.2 Å². The molecule has 1 amide bonds. The number of carbonyl (C=O) groups excluding carboxylic acids is 1. The van der Waals surface area contributed by atoms with Gasteiger partial charge in [-0.3, -0.25) is 9.36 Å². The van der Waals surface area contributed by atoms with Crippen LogP contribution in [0.1, 0.15) is 63.6 Å². The lowest BCUT2D eigenvalue weighted by Crippen LogP contribution is -2.33. The molecule has 1 atom stereocenters. The van der Waals surface area contributed by atoms with E-state index in [1.807, 2.05) is 30.3 Å². The van der Waals surface area contributed by atoms with E-state index in [0.29, 0.717) is 25.0 Å². The van der Waals surface area contributed by atoms with E-state index in [-0.39, 0.29) is 23.6 Å². The maximum Gasteiger partial charge on any atom is 0.230 e. The number of carbonyl (C=O) groups is 1. The summed E-state index contributed by atoms with van der Waals surface area (Å²) in [7, 11) is 0. The van der Waals surface area contributed by atoms with Crippen LogP contribution in [0.3, 0.4) is 0 Å². The van der Waals surface area contributed by atoms with Gasteiger partial charge in [-0.25, -0.2) is 0 Å². The fourth-order valence-corrected chi connectivity index (χ4v) is 5.67. The number of rotatable bonds is 8. The molecule has 2 aromatic heterocycles. The predicted octanol–water partition coefficient (Wildman–Crippen LogP) is 5.42. The summed E-state index contributed by atoms with van der Waals surface area (Å²) in [5, 5.41) is 12.8. The Bertz CT molecular complexity index is 1140.